The van der Waals surface area contributed by atoms with Crippen LogP contribution in [0.1, 0.15) is 50.3 Å². The van der Waals surface area contributed by atoms with Gasteiger partial charge < -0.3 is 9.80 Å². The molecule has 0 fully saturated rings. The van der Waals surface area contributed by atoms with Crippen molar-refractivity contribution in [2.24, 2.45) is 21.8 Å². The lowest BCUT2D eigenvalue weighted by Crippen LogP contribution is -2.34. The number of rotatable bonds is 0. The Morgan fingerprint density at radius 3 is 2.19 bits per heavy atom. The number of benzene rings is 2. The Kier molecular flexibility index (Phi) is 5.79. The van der Waals surface area contributed by atoms with E-state index in [4.69, 9.17) is 4.99 Å². The number of hydrogen-bond donors (Lipinski definition) is 0. The molecule has 0 aliphatic carbocycles. The van der Waals surface area contributed by atoms with Crippen LogP contribution in [0.5, 0.6) is 0 Å². The highest BCUT2D eigenvalue weighted by Crippen LogP contribution is 2.35. The molecule has 0 aromatic heterocycles. The van der Waals surface area contributed by atoms with Crippen molar-refractivity contribution in [3.63, 3.8) is 0 Å². The van der Waals surface area contributed by atoms with Crippen molar-refractivity contribution in [3.8, 4) is 0 Å². The van der Waals surface area contributed by atoms with Crippen LogP contribution in [-0.2, 0) is 12.8 Å². The van der Waals surface area contributed by atoms with Crippen molar-refractivity contribution in [2.75, 3.05) is 29.4 Å². The van der Waals surface area contributed by atoms with Gasteiger partial charge in [-0.1, -0.05) is 50.2 Å². The third-order valence-electron chi connectivity index (χ3n) is 7.23. The summed E-state index contributed by atoms with van der Waals surface area (Å²) in [5.74, 6) is 4.04. The third-order valence-corrected chi connectivity index (χ3v) is 7.23. The number of anilines is 2. The molecule has 6 rings (SSSR count). The highest BCUT2D eigenvalue weighted by atomic mass is 15.2. The average molecular weight is 429 g/mol. The van der Waals surface area contributed by atoms with Gasteiger partial charge in [0.15, 0.2) is 0 Å². The second-order valence-corrected chi connectivity index (χ2v) is 10.2. The molecule has 32 heavy (non-hydrogen) atoms. The van der Waals surface area contributed by atoms with E-state index in [1.807, 2.05) is 0 Å². The fraction of sp³-hybridized carbons (Fsp3) is 0.500. The Morgan fingerprint density at radius 1 is 0.781 bits per heavy atom. The zero-order valence-electron chi connectivity index (χ0n) is 20.0. The first-order valence-corrected chi connectivity index (χ1v) is 12.3. The second kappa shape index (κ2) is 8.73. The number of para-hydroxylation sites is 2. The lowest BCUT2D eigenvalue weighted by Gasteiger charge is -2.25. The van der Waals surface area contributed by atoms with Crippen molar-refractivity contribution < 1.29 is 0 Å². The molecule has 2 aromatic rings. The summed E-state index contributed by atoms with van der Waals surface area (Å²) in [6.07, 6.45) is 4.61. The number of hydrogen-bond acceptors (Lipinski definition) is 4. The van der Waals surface area contributed by atoms with Gasteiger partial charge in [-0.2, -0.15) is 0 Å². The molecule has 0 bridgehead atoms. The number of amidine groups is 2. The molecule has 0 N–H and O–H groups in total. The molecular formula is C28H36N4. The molecule has 0 amide bonds. The van der Waals surface area contributed by atoms with E-state index in [1.54, 1.807) is 0 Å². The Bertz CT molecular complexity index is 1050. The normalized spacial score (nSPS) is 25.8. The van der Waals surface area contributed by atoms with E-state index in [-0.39, 0.29) is 0 Å². The smallest absolute Gasteiger partial charge is 0.104 e. The molecule has 4 nitrogen and oxygen atoms in total. The van der Waals surface area contributed by atoms with E-state index in [0.29, 0.717) is 6.04 Å². The predicted octanol–water partition coefficient (Wildman–Crippen LogP) is 5.67. The number of nitrogens with zero attached hydrogens (tertiary/aromatic N) is 4. The monoisotopic (exact) mass is 428 g/mol. The molecule has 168 valence electrons. The highest BCUT2D eigenvalue weighted by Gasteiger charge is 2.31. The van der Waals surface area contributed by atoms with Gasteiger partial charge in [-0.15, -0.1) is 0 Å². The van der Waals surface area contributed by atoms with Crippen LogP contribution in [0.2, 0.25) is 0 Å². The van der Waals surface area contributed by atoms with E-state index in [0.717, 1.165) is 50.7 Å². The summed E-state index contributed by atoms with van der Waals surface area (Å²) in [5.41, 5.74) is 7.15. The number of aliphatic imine (C=N–C) groups is 2. The summed E-state index contributed by atoms with van der Waals surface area (Å²) in [6, 6.07) is 15.9. The lowest BCUT2D eigenvalue weighted by molar-refractivity contribution is 0.659. The van der Waals surface area contributed by atoms with E-state index >= 15 is 0 Å². The first-order valence-electron chi connectivity index (χ1n) is 12.3. The minimum atomic E-state index is 0.571. The minimum absolute atomic E-state index is 0.571. The second-order valence-electron chi connectivity index (χ2n) is 10.2. The van der Waals surface area contributed by atoms with E-state index < -0.39 is 0 Å². The van der Waals surface area contributed by atoms with Crippen LogP contribution >= 0.6 is 0 Å². The Hall–Kier alpha value is -2.62. The molecule has 0 saturated heterocycles. The van der Waals surface area contributed by atoms with Crippen LogP contribution in [0.3, 0.4) is 0 Å². The summed E-state index contributed by atoms with van der Waals surface area (Å²) in [5, 5.41) is 0. The van der Waals surface area contributed by atoms with Crippen LogP contribution in [0.25, 0.3) is 0 Å². The minimum Gasteiger partial charge on any atom is -0.329 e. The summed E-state index contributed by atoms with van der Waals surface area (Å²) in [4.78, 5) is 14.3. The SMILES string of the molecule is CC1CN=C(N2c3ccccc3CC2C)C1.Cc1cccc2c1N(C1=NCC(C)C1)CC2. The van der Waals surface area contributed by atoms with Gasteiger partial charge >= 0.3 is 0 Å². The molecule has 4 aliphatic heterocycles. The van der Waals surface area contributed by atoms with Crippen LogP contribution in [0.4, 0.5) is 11.4 Å². The third kappa shape index (κ3) is 3.96. The van der Waals surface area contributed by atoms with Gasteiger partial charge in [0.25, 0.3) is 0 Å². The number of aryl methyl sites for hydroxylation is 1. The fourth-order valence-electron chi connectivity index (χ4n) is 5.64. The summed E-state index contributed by atoms with van der Waals surface area (Å²) in [7, 11) is 0. The van der Waals surface area contributed by atoms with Crippen LogP contribution in [0.15, 0.2) is 52.4 Å². The molecule has 0 radical (unpaired) electrons. The number of fused-ring (bicyclic) bond motifs is 2. The first-order chi connectivity index (χ1) is 15.5. The summed E-state index contributed by atoms with van der Waals surface area (Å²) < 4.78 is 0. The lowest BCUT2D eigenvalue weighted by atomic mass is 10.1. The average Bonchev–Trinajstić information content (AvgIpc) is 3.54. The van der Waals surface area contributed by atoms with E-state index in [2.05, 4.69) is 85.0 Å². The largest absolute Gasteiger partial charge is 0.329 e. The Morgan fingerprint density at radius 2 is 1.47 bits per heavy atom. The van der Waals surface area contributed by atoms with Crippen LogP contribution < -0.4 is 9.80 Å². The molecule has 3 unspecified atom stereocenters. The summed E-state index contributed by atoms with van der Waals surface area (Å²) in [6.45, 7) is 12.2. The van der Waals surface area contributed by atoms with E-state index in [9.17, 15) is 0 Å². The maximum Gasteiger partial charge on any atom is 0.104 e. The van der Waals surface area contributed by atoms with Crippen LogP contribution in [0, 0.1) is 18.8 Å². The van der Waals surface area contributed by atoms with Gasteiger partial charge in [0, 0.05) is 49.9 Å². The van der Waals surface area contributed by atoms with Crippen LogP contribution in [-0.4, -0.2) is 37.3 Å². The molecule has 0 saturated carbocycles. The quantitative estimate of drug-likeness (QED) is 0.541. The predicted molar refractivity (Wildman–Crippen MR) is 136 cm³/mol. The molecule has 4 heterocycles. The topological polar surface area (TPSA) is 31.2 Å². The van der Waals surface area contributed by atoms with Crippen molar-refractivity contribution >= 4 is 23.0 Å². The molecule has 4 aliphatic rings. The van der Waals surface area contributed by atoms with Crippen molar-refractivity contribution in [2.45, 2.75) is 59.4 Å². The Balaban J connectivity index is 0.000000135. The van der Waals surface area contributed by atoms with Crippen molar-refractivity contribution in [1.82, 2.24) is 0 Å². The van der Waals surface area contributed by atoms with Gasteiger partial charge in [0.1, 0.15) is 11.7 Å². The molecule has 0 spiro atoms. The first kappa shape index (κ1) is 21.2. The molecule has 4 heteroatoms. The van der Waals surface area contributed by atoms with Gasteiger partial charge in [0.2, 0.25) is 0 Å². The standard InChI is InChI=1S/2C14H18N2/c1-10-8-13(15-9-10)16-7-6-12-5-3-4-11(2)14(12)16;1-10-7-14(15-9-10)16-11(2)8-12-5-3-4-6-13(12)16/h3-5,10H,6-9H2,1-2H3;3-6,10-11H,7-9H2,1-2H3. The van der Waals surface area contributed by atoms with Gasteiger partial charge in [-0.05, 0) is 61.3 Å². The maximum absolute atomic E-state index is 4.69. The summed E-state index contributed by atoms with van der Waals surface area (Å²) >= 11 is 0. The Labute approximate surface area is 193 Å². The zero-order chi connectivity index (χ0) is 22.2. The van der Waals surface area contributed by atoms with Crippen molar-refractivity contribution in [3.05, 3.63) is 59.2 Å². The zero-order valence-corrected chi connectivity index (χ0v) is 20.0. The molecule has 2 aromatic carbocycles. The molecular weight excluding hydrogens is 392 g/mol. The molecule has 3 atom stereocenters. The maximum atomic E-state index is 4.69. The van der Waals surface area contributed by atoms with Crippen molar-refractivity contribution in [1.29, 1.82) is 0 Å². The van der Waals surface area contributed by atoms with Gasteiger partial charge in [-0.3, -0.25) is 9.98 Å². The fourth-order valence-corrected chi connectivity index (χ4v) is 5.64. The van der Waals surface area contributed by atoms with Gasteiger partial charge in [0.05, 0.1) is 0 Å². The van der Waals surface area contributed by atoms with Gasteiger partial charge in [-0.25, -0.2) is 0 Å². The van der Waals surface area contributed by atoms with E-state index in [1.165, 1.54) is 46.2 Å². The highest BCUT2D eigenvalue weighted by molar-refractivity contribution is 6.02.